The summed E-state index contributed by atoms with van der Waals surface area (Å²) in [6, 6.07) is 13.5. The number of hydrogen-bond acceptors (Lipinski definition) is 8. The summed E-state index contributed by atoms with van der Waals surface area (Å²) in [5, 5.41) is 22.9. The van der Waals surface area contributed by atoms with Crippen molar-refractivity contribution in [2.45, 2.75) is 6.92 Å². The molecule has 158 valence electrons. The molecule has 0 bridgehead atoms. The van der Waals surface area contributed by atoms with Gasteiger partial charge in [0.25, 0.3) is 5.91 Å². The summed E-state index contributed by atoms with van der Waals surface area (Å²) in [5.41, 5.74) is 2.01. The number of carbonyl (C=O) groups excluding carboxylic acids is 1. The molecule has 0 radical (unpaired) electrons. The van der Waals surface area contributed by atoms with Gasteiger partial charge in [0, 0.05) is 6.07 Å². The summed E-state index contributed by atoms with van der Waals surface area (Å²) in [5.74, 6) is -0.674. The topological polar surface area (TPSA) is 147 Å². The molecule has 4 aromatic heterocycles. The zero-order valence-electron chi connectivity index (χ0n) is 16.5. The molecule has 0 unspecified atom stereocenters. The van der Waals surface area contributed by atoms with Crippen LogP contribution >= 0.6 is 0 Å². The van der Waals surface area contributed by atoms with Crippen LogP contribution in [-0.2, 0) is 0 Å². The van der Waals surface area contributed by atoms with Gasteiger partial charge in [-0.15, -0.1) is 0 Å². The molecule has 12 heteroatoms. The fraction of sp³-hybridized carbons (Fsp3) is 0.0500. The Kier molecular flexibility index (Phi) is 4.44. The minimum Gasteiger partial charge on any atom is -0.395 e. The molecule has 1 amide bonds. The Hall–Kier alpha value is -4.87. The average molecular weight is 430 g/mol. The van der Waals surface area contributed by atoms with Crippen LogP contribution in [0.3, 0.4) is 0 Å². The second-order valence-electron chi connectivity index (χ2n) is 6.76. The van der Waals surface area contributed by atoms with E-state index in [0.717, 1.165) is 11.8 Å². The highest BCUT2D eigenvalue weighted by atomic mass is 16.6. The summed E-state index contributed by atoms with van der Waals surface area (Å²) >= 11 is 0. The molecule has 0 fully saturated rings. The molecule has 1 N–H and O–H groups in total. The van der Waals surface area contributed by atoms with Crippen molar-refractivity contribution in [2.75, 3.05) is 5.32 Å². The van der Waals surface area contributed by atoms with Crippen LogP contribution in [0.5, 0.6) is 0 Å². The van der Waals surface area contributed by atoms with Crippen molar-refractivity contribution >= 4 is 28.6 Å². The Labute approximate surface area is 179 Å². The van der Waals surface area contributed by atoms with Crippen molar-refractivity contribution in [1.82, 2.24) is 29.5 Å². The Bertz CT molecular complexity index is 1470. The summed E-state index contributed by atoms with van der Waals surface area (Å²) in [6.07, 6.45) is 3.01. The number of hydrogen-bond donors (Lipinski definition) is 1. The quantitative estimate of drug-likeness (QED) is 0.330. The summed E-state index contributed by atoms with van der Waals surface area (Å²) in [7, 11) is 0. The van der Waals surface area contributed by atoms with Gasteiger partial charge < -0.3 is 9.73 Å². The minimum atomic E-state index is -0.715. The first-order chi connectivity index (χ1) is 15.5. The molecule has 0 aliphatic rings. The molecule has 0 saturated heterocycles. The first-order valence-electron chi connectivity index (χ1n) is 9.38. The summed E-state index contributed by atoms with van der Waals surface area (Å²) in [4.78, 5) is 31.4. The maximum absolute atomic E-state index is 12.6. The van der Waals surface area contributed by atoms with Crippen LogP contribution in [-0.4, -0.2) is 40.4 Å². The third kappa shape index (κ3) is 3.25. The number of rotatable bonds is 5. The highest BCUT2D eigenvalue weighted by molar-refractivity contribution is 6.02. The third-order valence-electron chi connectivity index (χ3n) is 4.61. The fourth-order valence-corrected chi connectivity index (χ4v) is 3.23. The normalized spacial score (nSPS) is 11.0. The first-order valence-corrected chi connectivity index (χ1v) is 9.38. The highest BCUT2D eigenvalue weighted by Gasteiger charge is 2.21. The summed E-state index contributed by atoms with van der Waals surface area (Å²) in [6.45, 7) is 1.76. The maximum atomic E-state index is 12.6. The van der Waals surface area contributed by atoms with E-state index >= 15 is 0 Å². The number of nitrogens with zero attached hydrogens (tertiary/aromatic N) is 7. The van der Waals surface area contributed by atoms with Crippen molar-refractivity contribution in [3.05, 3.63) is 82.6 Å². The standard InChI is InChI=1S/C20H14N8O4/c1-12-9-16(24-20(29)15-7-8-17(32-15)28(30)31)27(25-12)19-14-10-23-26(18(14)21-11-22-19)13-5-3-2-4-6-13/h2-11H,1H3,(H,24,29). The van der Waals surface area contributed by atoms with Crippen LogP contribution in [0.15, 0.2) is 65.5 Å². The SMILES string of the molecule is Cc1cc(NC(=O)c2ccc([N+](=O)[O-])o2)n(-c2ncnc3c2cnn3-c2ccccc2)n1. The van der Waals surface area contributed by atoms with Gasteiger partial charge in [0.05, 0.1) is 29.0 Å². The lowest BCUT2D eigenvalue weighted by molar-refractivity contribution is -0.402. The van der Waals surface area contributed by atoms with Crippen LogP contribution < -0.4 is 5.32 Å². The molecule has 5 rings (SSSR count). The number of carbonyl (C=O) groups is 1. The number of aryl methyl sites for hydroxylation is 1. The van der Waals surface area contributed by atoms with Gasteiger partial charge >= 0.3 is 5.88 Å². The van der Waals surface area contributed by atoms with E-state index in [2.05, 4.69) is 25.5 Å². The van der Waals surface area contributed by atoms with Gasteiger partial charge in [0.2, 0.25) is 0 Å². The van der Waals surface area contributed by atoms with Crippen LogP contribution in [0, 0.1) is 17.0 Å². The number of fused-ring (bicyclic) bond motifs is 1. The second kappa shape index (κ2) is 7.43. The van der Waals surface area contributed by atoms with Gasteiger partial charge in [-0.3, -0.25) is 14.9 Å². The Morgan fingerprint density at radius 2 is 1.94 bits per heavy atom. The molecule has 32 heavy (non-hydrogen) atoms. The Morgan fingerprint density at radius 3 is 2.69 bits per heavy atom. The lowest BCUT2D eigenvalue weighted by Gasteiger charge is -2.08. The molecule has 1 aromatic carbocycles. The van der Waals surface area contributed by atoms with Crippen LogP contribution in [0.4, 0.5) is 11.7 Å². The molecule has 0 saturated carbocycles. The lowest BCUT2D eigenvalue weighted by atomic mass is 10.3. The molecule has 0 aliphatic heterocycles. The number of furan rings is 1. The Balaban J connectivity index is 1.54. The number of anilines is 1. The number of nitro groups is 1. The maximum Gasteiger partial charge on any atom is 0.433 e. The monoisotopic (exact) mass is 430 g/mol. The molecule has 4 heterocycles. The van der Waals surface area contributed by atoms with E-state index < -0.39 is 16.7 Å². The van der Waals surface area contributed by atoms with Crippen LogP contribution in [0.2, 0.25) is 0 Å². The smallest absolute Gasteiger partial charge is 0.395 e. The molecule has 12 nitrogen and oxygen atoms in total. The Morgan fingerprint density at radius 1 is 1.12 bits per heavy atom. The van der Waals surface area contributed by atoms with E-state index in [1.54, 1.807) is 23.9 Å². The number of amides is 1. The van der Waals surface area contributed by atoms with Gasteiger partial charge in [-0.05, 0) is 25.1 Å². The molecule has 0 atom stereocenters. The van der Waals surface area contributed by atoms with Gasteiger partial charge in [0.1, 0.15) is 17.1 Å². The van der Waals surface area contributed by atoms with E-state index in [9.17, 15) is 14.9 Å². The van der Waals surface area contributed by atoms with Crippen molar-refractivity contribution in [1.29, 1.82) is 0 Å². The van der Waals surface area contributed by atoms with Crippen LogP contribution in [0.25, 0.3) is 22.5 Å². The summed E-state index contributed by atoms with van der Waals surface area (Å²) < 4.78 is 8.10. The number of para-hydroxylation sites is 1. The van der Waals surface area contributed by atoms with Crippen molar-refractivity contribution < 1.29 is 14.1 Å². The number of aromatic nitrogens is 6. The number of nitrogens with one attached hydrogen (secondary N) is 1. The molecular formula is C20H14N8O4. The van der Waals surface area contributed by atoms with Crippen LogP contribution in [0.1, 0.15) is 16.2 Å². The van der Waals surface area contributed by atoms with Crippen molar-refractivity contribution in [2.24, 2.45) is 0 Å². The minimum absolute atomic E-state index is 0.202. The zero-order valence-corrected chi connectivity index (χ0v) is 16.5. The zero-order chi connectivity index (χ0) is 22.2. The number of benzene rings is 1. The fourth-order valence-electron chi connectivity index (χ4n) is 3.23. The van der Waals surface area contributed by atoms with E-state index in [4.69, 9.17) is 4.42 Å². The average Bonchev–Trinajstić information content (AvgIpc) is 3.52. The first kappa shape index (κ1) is 19.1. The van der Waals surface area contributed by atoms with E-state index in [-0.39, 0.29) is 5.76 Å². The predicted molar refractivity (Wildman–Crippen MR) is 112 cm³/mol. The predicted octanol–water partition coefficient (Wildman–Crippen LogP) is 3.06. The highest BCUT2D eigenvalue weighted by Crippen LogP contribution is 2.25. The second-order valence-corrected chi connectivity index (χ2v) is 6.76. The van der Waals surface area contributed by atoms with Gasteiger partial charge in [-0.2, -0.15) is 14.9 Å². The largest absolute Gasteiger partial charge is 0.433 e. The third-order valence-corrected chi connectivity index (χ3v) is 4.61. The van der Waals surface area contributed by atoms with Gasteiger partial charge in [0.15, 0.2) is 17.2 Å². The van der Waals surface area contributed by atoms with E-state index in [1.807, 2.05) is 30.3 Å². The molecule has 5 aromatic rings. The van der Waals surface area contributed by atoms with Crippen molar-refractivity contribution in [3.63, 3.8) is 0 Å². The molecule has 0 aliphatic carbocycles. The van der Waals surface area contributed by atoms with E-state index in [1.165, 1.54) is 17.1 Å². The van der Waals surface area contributed by atoms with Crippen molar-refractivity contribution in [3.8, 4) is 11.5 Å². The lowest BCUT2D eigenvalue weighted by Crippen LogP contribution is -2.15. The van der Waals surface area contributed by atoms with E-state index in [0.29, 0.717) is 28.4 Å². The molecule has 0 spiro atoms. The van der Waals surface area contributed by atoms with Gasteiger partial charge in [-0.25, -0.2) is 14.6 Å². The van der Waals surface area contributed by atoms with Gasteiger partial charge in [-0.1, -0.05) is 18.2 Å². The molecular weight excluding hydrogens is 416 g/mol.